The van der Waals surface area contributed by atoms with Crippen molar-refractivity contribution in [3.05, 3.63) is 52.2 Å². The Morgan fingerprint density at radius 2 is 1.72 bits per heavy atom. The number of hydrogen-bond acceptors (Lipinski definition) is 5. The van der Waals surface area contributed by atoms with Crippen molar-refractivity contribution >= 4 is 33.2 Å². The van der Waals surface area contributed by atoms with Gasteiger partial charge in [0.05, 0.1) is 10.6 Å². The molecule has 0 N–H and O–H groups in total. The molecule has 1 aromatic carbocycles. The third-order valence-corrected chi connectivity index (χ3v) is 8.06. The fraction of sp³-hybridized carbons (Fsp3) is 0.478. The summed E-state index contributed by atoms with van der Waals surface area (Å²) in [4.78, 5) is 19.7. The van der Waals surface area contributed by atoms with Crippen LogP contribution in [-0.2, 0) is 27.2 Å². The predicted octanol–water partition coefficient (Wildman–Crippen LogP) is 4.50. The fourth-order valence-electron chi connectivity index (χ4n) is 4.80. The summed E-state index contributed by atoms with van der Waals surface area (Å²) in [5.41, 5.74) is -0.986. The van der Waals surface area contributed by atoms with E-state index in [9.17, 15) is 35.2 Å². The number of carbonyl (C=O) groups excluding carboxylic acids is 1. The zero-order valence-corrected chi connectivity index (χ0v) is 20.7. The Labute approximate surface area is 210 Å². The zero-order valence-electron chi connectivity index (χ0n) is 19.2. The van der Waals surface area contributed by atoms with Gasteiger partial charge >= 0.3 is 6.18 Å². The van der Waals surface area contributed by atoms with Crippen molar-refractivity contribution in [1.82, 2.24) is 9.88 Å². The molecule has 4 rings (SSSR count). The number of carbonyl (C=O) groups is 1. The monoisotopic (exact) mass is 551 g/mol. The quantitative estimate of drug-likeness (QED) is 0.512. The standard InChI is InChI=1S/C23H23ClF5N3O3S/c1-36(34,35)20-11-18(25)14(9-19(20)26)8-13-2-7-32(22(13)33)16-3-5-31(6-4-16)21-17(24)10-15(12-30-21)23(27,28)29/h9-13,16H,2-8H2,1H3/t13-/m1/s1. The van der Waals surface area contributed by atoms with Crippen LogP contribution in [0.5, 0.6) is 0 Å². The average molecular weight is 552 g/mol. The second kappa shape index (κ2) is 9.77. The molecule has 0 unspecified atom stereocenters. The van der Waals surface area contributed by atoms with Crippen LogP contribution in [-0.4, -0.2) is 56.1 Å². The molecule has 2 aromatic rings. The van der Waals surface area contributed by atoms with Crippen LogP contribution in [0.1, 0.15) is 30.4 Å². The van der Waals surface area contributed by atoms with Gasteiger partial charge in [-0.25, -0.2) is 22.2 Å². The molecule has 0 aliphatic carbocycles. The topological polar surface area (TPSA) is 70.6 Å². The van der Waals surface area contributed by atoms with E-state index in [4.69, 9.17) is 11.6 Å². The molecular weight excluding hydrogens is 529 g/mol. The summed E-state index contributed by atoms with van der Waals surface area (Å²) in [6, 6.07) is 2.21. The van der Waals surface area contributed by atoms with Crippen LogP contribution in [0.15, 0.2) is 29.3 Å². The van der Waals surface area contributed by atoms with Gasteiger partial charge in [0.25, 0.3) is 0 Å². The maximum Gasteiger partial charge on any atom is 0.417 e. The van der Waals surface area contributed by atoms with Gasteiger partial charge in [0.2, 0.25) is 5.91 Å². The van der Waals surface area contributed by atoms with Gasteiger partial charge < -0.3 is 9.80 Å². The summed E-state index contributed by atoms with van der Waals surface area (Å²) < 4.78 is 90.5. The average Bonchev–Trinajstić information content (AvgIpc) is 3.14. The Bertz CT molecular complexity index is 1280. The highest BCUT2D eigenvalue weighted by Gasteiger charge is 2.38. The summed E-state index contributed by atoms with van der Waals surface area (Å²) in [7, 11) is -3.93. The van der Waals surface area contributed by atoms with Crippen molar-refractivity contribution in [2.75, 3.05) is 30.8 Å². The number of pyridine rings is 1. The van der Waals surface area contributed by atoms with E-state index in [0.717, 1.165) is 24.6 Å². The summed E-state index contributed by atoms with van der Waals surface area (Å²) in [5.74, 6) is -2.43. The van der Waals surface area contributed by atoms with Crippen molar-refractivity contribution in [3.63, 3.8) is 0 Å². The van der Waals surface area contributed by atoms with E-state index >= 15 is 0 Å². The van der Waals surface area contributed by atoms with Crippen molar-refractivity contribution in [3.8, 4) is 0 Å². The van der Waals surface area contributed by atoms with Gasteiger partial charge in [0.15, 0.2) is 9.84 Å². The van der Waals surface area contributed by atoms with Crippen molar-refractivity contribution in [2.45, 2.75) is 42.8 Å². The van der Waals surface area contributed by atoms with Crippen LogP contribution in [0.4, 0.5) is 27.8 Å². The Kier molecular flexibility index (Phi) is 7.22. The first-order valence-electron chi connectivity index (χ1n) is 11.2. The van der Waals surface area contributed by atoms with Crippen LogP contribution < -0.4 is 4.90 Å². The third-order valence-electron chi connectivity index (χ3n) is 6.67. The van der Waals surface area contributed by atoms with Crippen molar-refractivity contribution in [2.24, 2.45) is 5.92 Å². The maximum absolute atomic E-state index is 14.5. The minimum absolute atomic E-state index is 0.0495. The number of anilines is 1. The second-order valence-electron chi connectivity index (χ2n) is 9.11. The van der Waals surface area contributed by atoms with E-state index in [2.05, 4.69) is 4.98 Å². The van der Waals surface area contributed by atoms with Crippen molar-refractivity contribution < 1.29 is 35.2 Å². The number of aromatic nitrogens is 1. The fourth-order valence-corrected chi connectivity index (χ4v) is 5.82. The Balaban J connectivity index is 1.38. The number of alkyl halides is 3. The number of amides is 1. The van der Waals surface area contributed by atoms with Gasteiger partial charge in [-0.1, -0.05) is 11.6 Å². The highest BCUT2D eigenvalue weighted by Crippen LogP contribution is 2.35. The van der Waals surface area contributed by atoms with Crippen LogP contribution >= 0.6 is 11.6 Å². The summed E-state index contributed by atoms with van der Waals surface area (Å²) in [5, 5.41) is -0.100. The van der Waals surface area contributed by atoms with Gasteiger partial charge in [-0.05, 0) is 49.4 Å². The number of benzene rings is 1. The molecule has 1 atom stereocenters. The molecule has 2 saturated heterocycles. The Morgan fingerprint density at radius 3 is 2.31 bits per heavy atom. The normalized spacial score (nSPS) is 19.9. The largest absolute Gasteiger partial charge is 0.417 e. The predicted molar refractivity (Wildman–Crippen MR) is 122 cm³/mol. The van der Waals surface area contributed by atoms with Crippen LogP contribution in [0, 0.1) is 17.6 Å². The van der Waals surface area contributed by atoms with E-state index in [1.807, 2.05) is 0 Å². The number of likely N-dealkylation sites (tertiary alicyclic amines) is 1. The van der Waals surface area contributed by atoms with Crippen LogP contribution in [0.2, 0.25) is 5.02 Å². The SMILES string of the molecule is CS(=O)(=O)c1cc(F)c(C[C@H]2CCN(C3CCN(c4ncc(C(F)(F)F)cc4Cl)CC3)C2=O)cc1F. The number of halogens is 6. The van der Waals surface area contributed by atoms with E-state index in [1.165, 1.54) is 0 Å². The lowest BCUT2D eigenvalue weighted by atomic mass is 9.97. The molecule has 1 aromatic heterocycles. The summed E-state index contributed by atoms with van der Waals surface area (Å²) in [6.07, 6.45) is -1.53. The number of hydrogen-bond donors (Lipinski definition) is 0. The van der Waals surface area contributed by atoms with E-state index in [-0.39, 0.29) is 34.8 Å². The first-order valence-corrected chi connectivity index (χ1v) is 13.5. The molecule has 13 heteroatoms. The molecule has 0 radical (unpaired) electrons. The molecule has 1 amide bonds. The number of piperidine rings is 1. The van der Waals surface area contributed by atoms with E-state index in [1.54, 1.807) is 9.80 Å². The van der Waals surface area contributed by atoms with Crippen LogP contribution in [0.25, 0.3) is 0 Å². The first kappa shape index (κ1) is 26.6. The maximum atomic E-state index is 14.5. The molecule has 6 nitrogen and oxygen atoms in total. The smallest absolute Gasteiger partial charge is 0.355 e. The molecule has 0 saturated carbocycles. The summed E-state index contributed by atoms with van der Waals surface area (Å²) in [6.45, 7) is 1.31. The molecule has 2 fully saturated rings. The van der Waals surface area contributed by atoms with E-state index in [0.29, 0.717) is 45.0 Å². The molecule has 0 bridgehead atoms. The third kappa shape index (κ3) is 5.44. The molecule has 0 spiro atoms. The second-order valence-corrected chi connectivity index (χ2v) is 11.5. The van der Waals surface area contributed by atoms with Gasteiger partial charge in [-0.15, -0.1) is 0 Å². The molecule has 196 valence electrons. The molecular formula is C23H23ClF5N3O3S. The van der Waals surface area contributed by atoms with Crippen molar-refractivity contribution in [1.29, 1.82) is 0 Å². The number of rotatable bonds is 5. The van der Waals surface area contributed by atoms with Crippen LogP contribution in [0.3, 0.4) is 0 Å². The Hall–Kier alpha value is -2.47. The number of nitrogens with zero attached hydrogens (tertiary/aromatic N) is 3. The lowest BCUT2D eigenvalue weighted by Gasteiger charge is -2.37. The molecule has 2 aliphatic rings. The van der Waals surface area contributed by atoms with Gasteiger partial charge in [-0.2, -0.15) is 13.2 Å². The highest BCUT2D eigenvalue weighted by atomic mass is 35.5. The molecule has 3 heterocycles. The minimum Gasteiger partial charge on any atom is -0.355 e. The number of sulfone groups is 1. The van der Waals surface area contributed by atoms with E-state index < -0.39 is 44.0 Å². The van der Waals surface area contributed by atoms with Gasteiger partial charge in [0.1, 0.15) is 22.3 Å². The molecule has 2 aliphatic heterocycles. The zero-order chi connectivity index (χ0) is 26.4. The van der Waals surface area contributed by atoms with Gasteiger partial charge in [0, 0.05) is 44.0 Å². The van der Waals surface area contributed by atoms with Gasteiger partial charge in [-0.3, -0.25) is 4.79 Å². The summed E-state index contributed by atoms with van der Waals surface area (Å²) >= 11 is 6.05. The molecule has 36 heavy (non-hydrogen) atoms. The lowest BCUT2D eigenvalue weighted by molar-refractivity contribution is -0.137. The highest BCUT2D eigenvalue weighted by molar-refractivity contribution is 7.90. The first-order chi connectivity index (χ1) is 16.8. The Morgan fingerprint density at radius 1 is 1.06 bits per heavy atom. The lowest BCUT2D eigenvalue weighted by Crippen LogP contribution is -2.46. The minimum atomic E-state index is -4.54.